The quantitative estimate of drug-likeness (QED) is 0.860. The first-order valence-corrected chi connectivity index (χ1v) is 7.97. The van der Waals surface area contributed by atoms with Crippen LogP contribution in [0.2, 0.25) is 0 Å². The molecule has 0 radical (unpaired) electrons. The molecule has 124 valence electrons. The number of carbonyl (C=O) groups excluding carboxylic acids is 2. The number of carbonyl (C=O) groups is 2. The average Bonchev–Trinajstić information content (AvgIpc) is 2.91. The number of nitrogens with one attached hydrogen (secondary N) is 2. The zero-order valence-corrected chi connectivity index (χ0v) is 14.2. The number of rotatable bonds is 6. The van der Waals surface area contributed by atoms with Gasteiger partial charge in [-0.1, -0.05) is 19.1 Å². The van der Waals surface area contributed by atoms with Crippen molar-refractivity contribution in [2.24, 2.45) is 0 Å². The smallest absolute Gasteiger partial charge is 0.242 e. The summed E-state index contributed by atoms with van der Waals surface area (Å²) in [5.74, 6) is -0.353. The fourth-order valence-corrected chi connectivity index (χ4v) is 2.46. The van der Waals surface area contributed by atoms with Gasteiger partial charge in [-0.2, -0.15) is 0 Å². The molecule has 2 aromatic rings. The van der Waals surface area contributed by atoms with Gasteiger partial charge >= 0.3 is 0 Å². The predicted octanol–water partition coefficient (Wildman–Crippen LogP) is 2.62. The van der Waals surface area contributed by atoms with Crippen molar-refractivity contribution in [3.63, 3.8) is 0 Å². The van der Waals surface area contributed by atoms with Crippen LogP contribution in [0.25, 0.3) is 11.0 Å². The molecule has 0 aliphatic carbocycles. The zero-order valence-electron chi connectivity index (χ0n) is 14.2. The number of hydrogen-bond donors (Lipinski definition) is 2. The lowest BCUT2D eigenvalue weighted by Crippen LogP contribution is -2.45. The molecule has 0 bridgehead atoms. The fourth-order valence-electron chi connectivity index (χ4n) is 2.46. The van der Waals surface area contributed by atoms with Gasteiger partial charge in [0.05, 0.1) is 12.7 Å². The van der Waals surface area contributed by atoms with Gasteiger partial charge in [-0.05, 0) is 38.3 Å². The first-order valence-electron chi connectivity index (χ1n) is 7.97. The van der Waals surface area contributed by atoms with E-state index in [4.69, 9.17) is 4.42 Å². The van der Waals surface area contributed by atoms with Crippen molar-refractivity contribution in [1.29, 1.82) is 0 Å². The van der Waals surface area contributed by atoms with Gasteiger partial charge in [0.25, 0.3) is 0 Å². The maximum atomic E-state index is 12.2. The Hall–Kier alpha value is -2.30. The van der Waals surface area contributed by atoms with Crippen molar-refractivity contribution in [3.8, 4) is 0 Å². The van der Waals surface area contributed by atoms with Crippen LogP contribution in [0.3, 0.4) is 0 Å². The van der Waals surface area contributed by atoms with E-state index in [2.05, 4.69) is 10.6 Å². The molecule has 5 nitrogen and oxygen atoms in total. The Morgan fingerprint density at radius 1 is 1.26 bits per heavy atom. The summed E-state index contributed by atoms with van der Waals surface area (Å²) in [4.78, 5) is 24.0. The topological polar surface area (TPSA) is 71.3 Å². The second-order valence-electron chi connectivity index (χ2n) is 5.90. The van der Waals surface area contributed by atoms with E-state index in [1.54, 1.807) is 13.2 Å². The lowest BCUT2D eigenvalue weighted by molar-refractivity contribution is -0.128. The van der Waals surface area contributed by atoms with Crippen LogP contribution in [0.4, 0.5) is 0 Å². The van der Waals surface area contributed by atoms with E-state index in [1.165, 1.54) is 0 Å². The van der Waals surface area contributed by atoms with Crippen LogP contribution in [0.15, 0.2) is 22.8 Å². The number of furan rings is 1. The highest BCUT2D eigenvalue weighted by Crippen LogP contribution is 2.26. The number of hydrogen-bond acceptors (Lipinski definition) is 3. The minimum atomic E-state index is -0.545. The summed E-state index contributed by atoms with van der Waals surface area (Å²) in [7, 11) is 0. The van der Waals surface area contributed by atoms with E-state index in [0.717, 1.165) is 34.1 Å². The fraction of sp³-hybridized carbons (Fsp3) is 0.444. The molecule has 2 amide bonds. The molecule has 5 heteroatoms. The molecule has 1 aromatic carbocycles. The normalized spacial score (nSPS) is 12.2. The van der Waals surface area contributed by atoms with Gasteiger partial charge in [0.15, 0.2) is 0 Å². The van der Waals surface area contributed by atoms with E-state index in [1.807, 2.05) is 32.9 Å². The summed E-state index contributed by atoms with van der Waals surface area (Å²) in [6.45, 7) is 8.32. The lowest BCUT2D eigenvalue weighted by atomic mass is 10.0. The van der Waals surface area contributed by atoms with Crippen molar-refractivity contribution in [1.82, 2.24) is 10.6 Å². The minimum absolute atomic E-state index is 0.163. The second-order valence-corrected chi connectivity index (χ2v) is 5.90. The molecular weight excluding hydrogens is 292 g/mol. The van der Waals surface area contributed by atoms with Gasteiger partial charge in [-0.3, -0.25) is 9.59 Å². The standard InChI is InChI=1S/C18H24N2O3/c1-5-8-19-18(22)13(4)20-16(21)9-14-10-23-17-12(3)11(2)6-7-15(14)17/h6-7,10,13H,5,8-9H2,1-4H3,(H,19,22)(H,20,21)/t13-/m1/s1. The molecule has 0 saturated carbocycles. The highest BCUT2D eigenvalue weighted by molar-refractivity contribution is 5.92. The number of amides is 2. The summed E-state index contributed by atoms with van der Waals surface area (Å²) in [6, 6.07) is 3.45. The van der Waals surface area contributed by atoms with E-state index in [-0.39, 0.29) is 18.2 Å². The van der Waals surface area contributed by atoms with E-state index >= 15 is 0 Å². The maximum absolute atomic E-state index is 12.2. The van der Waals surface area contributed by atoms with Crippen LogP contribution in [0.5, 0.6) is 0 Å². The first kappa shape index (κ1) is 17.1. The summed E-state index contributed by atoms with van der Waals surface area (Å²) < 4.78 is 5.61. The van der Waals surface area contributed by atoms with Crippen molar-refractivity contribution < 1.29 is 14.0 Å². The Morgan fingerprint density at radius 3 is 2.70 bits per heavy atom. The lowest BCUT2D eigenvalue weighted by Gasteiger charge is -2.13. The van der Waals surface area contributed by atoms with Gasteiger partial charge in [-0.25, -0.2) is 0 Å². The number of aryl methyl sites for hydroxylation is 2. The SMILES string of the molecule is CCCNC(=O)[C@@H](C)NC(=O)Cc1coc2c(C)c(C)ccc12. The second kappa shape index (κ2) is 7.31. The van der Waals surface area contributed by atoms with Crippen LogP contribution in [0, 0.1) is 13.8 Å². The average molecular weight is 316 g/mol. The molecule has 2 N–H and O–H groups in total. The van der Waals surface area contributed by atoms with Gasteiger partial charge in [0.1, 0.15) is 11.6 Å². The van der Waals surface area contributed by atoms with Crippen LogP contribution < -0.4 is 10.6 Å². The Morgan fingerprint density at radius 2 is 2.00 bits per heavy atom. The molecule has 23 heavy (non-hydrogen) atoms. The molecule has 0 unspecified atom stereocenters. The highest BCUT2D eigenvalue weighted by Gasteiger charge is 2.17. The Bertz CT molecular complexity index is 718. The molecule has 0 aliphatic rings. The van der Waals surface area contributed by atoms with Crippen LogP contribution in [-0.4, -0.2) is 24.4 Å². The van der Waals surface area contributed by atoms with Crippen LogP contribution in [-0.2, 0) is 16.0 Å². The predicted molar refractivity (Wildman–Crippen MR) is 90.3 cm³/mol. The zero-order chi connectivity index (χ0) is 17.0. The molecule has 1 atom stereocenters. The molecule has 1 aromatic heterocycles. The summed E-state index contributed by atoms with van der Waals surface area (Å²) in [5.41, 5.74) is 3.90. The molecular formula is C18H24N2O3. The van der Waals surface area contributed by atoms with E-state index < -0.39 is 6.04 Å². The largest absolute Gasteiger partial charge is 0.464 e. The monoisotopic (exact) mass is 316 g/mol. The minimum Gasteiger partial charge on any atom is -0.464 e. The molecule has 1 heterocycles. The van der Waals surface area contributed by atoms with Crippen LogP contribution >= 0.6 is 0 Å². The highest BCUT2D eigenvalue weighted by atomic mass is 16.3. The summed E-state index contributed by atoms with van der Waals surface area (Å²) in [5, 5.41) is 6.44. The Balaban J connectivity index is 2.03. The third-order valence-electron chi connectivity index (χ3n) is 4.01. The van der Waals surface area contributed by atoms with Gasteiger partial charge in [-0.15, -0.1) is 0 Å². The Kier molecular flexibility index (Phi) is 5.42. The van der Waals surface area contributed by atoms with Crippen molar-refractivity contribution in [3.05, 3.63) is 35.1 Å². The van der Waals surface area contributed by atoms with Crippen molar-refractivity contribution >= 4 is 22.8 Å². The summed E-state index contributed by atoms with van der Waals surface area (Å²) in [6.07, 6.45) is 2.69. The summed E-state index contributed by atoms with van der Waals surface area (Å²) >= 11 is 0. The van der Waals surface area contributed by atoms with Crippen molar-refractivity contribution in [2.45, 2.75) is 46.6 Å². The van der Waals surface area contributed by atoms with E-state index in [0.29, 0.717) is 6.54 Å². The Labute approximate surface area is 136 Å². The number of fused-ring (bicyclic) bond motifs is 1. The molecule has 0 saturated heterocycles. The van der Waals surface area contributed by atoms with Gasteiger partial charge in [0, 0.05) is 17.5 Å². The first-order chi connectivity index (χ1) is 10.9. The molecule has 0 fully saturated rings. The van der Waals surface area contributed by atoms with Crippen LogP contribution in [0.1, 0.15) is 37.0 Å². The third-order valence-corrected chi connectivity index (χ3v) is 4.01. The third kappa shape index (κ3) is 3.92. The molecule has 0 spiro atoms. The van der Waals surface area contributed by atoms with E-state index in [9.17, 15) is 9.59 Å². The maximum Gasteiger partial charge on any atom is 0.242 e. The van der Waals surface area contributed by atoms with Gasteiger partial charge in [0.2, 0.25) is 11.8 Å². The molecule has 2 rings (SSSR count). The molecule has 0 aliphatic heterocycles. The number of benzene rings is 1. The van der Waals surface area contributed by atoms with Gasteiger partial charge < -0.3 is 15.1 Å². The van der Waals surface area contributed by atoms with Crippen molar-refractivity contribution in [2.75, 3.05) is 6.54 Å².